The average molecular weight is 607 g/mol. The monoisotopic (exact) mass is 606 g/mol. The predicted molar refractivity (Wildman–Crippen MR) is 159 cm³/mol. The van der Waals surface area contributed by atoms with Crippen LogP contribution >= 0.6 is 0 Å². The molecular formula is C28H54O10Si2. The zero-order chi connectivity index (χ0) is 31.4. The molecule has 0 saturated heterocycles. The van der Waals surface area contributed by atoms with E-state index in [4.69, 9.17) is 27.8 Å². The summed E-state index contributed by atoms with van der Waals surface area (Å²) in [4.78, 5) is 0. The predicted octanol–water partition coefficient (Wildman–Crippen LogP) is 2.46. The lowest BCUT2D eigenvalue weighted by atomic mass is 10.1. The van der Waals surface area contributed by atoms with Gasteiger partial charge < -0.3 is 48.2 Å². The third kappa shape index (κ3) is 13.9. The molecule has 6 atom stereocenters. The Labute approximate surface area is 243 Å². The Morgan fingerprint density at radius 3 is 1.12 bits per heavy atom. The van der Waals surface area contributed by atoms with Gasteiger partial charge in [0.25, 0.3) is 0 Å². The first-order valence-electron chi connectivity index (χ1n) is 13.4. The maximum absolute atomic E-state index is 10.5. The number of aliphatic hydroxyl groups is 4. The van der Waals surface area contributed by atoms with Gasteiger partial charge in [0.2, 0.25) is 0 Å². The number of hydrogen-bond acceptors (Lipinski definition) is 10. The molecule has 4 N–H and O–H groups in total. The number of hydrogen-bond donors (Lipinski definition) is 4. The summed E-state index contributed by atoms with van der Waals surface area (Å²) in [5.41, 5.74) is 0. The number of ether oxygens (including phenoxy) is 4. The molecule has 0 amide bonds. The van der Waals surface area contributed by atoms with Gasteiger partial charge in [-0.25, -0.2) is 0 Å². The second-order valence-corrected chi connectivity index (χ2v) is 22.3. The lowest BCUT2D eigenvalue weighted by Crippen LogP contribution is -2.51. The number of aliphatic hydroxyl groups excluding tert-OH is 4. The van der Waals surface area contributed by atoms with Crippen LogP contribution in [0.4, 0.5) is 0 Å². The van der Waals surface area contributed by atoms with Gasteiger partial charge in [-0.05, 0) is 36.3 Å². The van der Waals surface area contributed by atoms with Gasteiger partial charge in [-0.15, -0.1) is 0 Å². The van der Waals surface area contributed by atoms with Gasteiger partial charge in [-0.1, -0.05) is 65.2 Å². The minimum Gasteiger partial charge on any atom is -0.400 e. The van der Waals surface area contributed by atoms with Gasteiger partial charge in [0, 0.05) is 14.2 Å². The van der Waals surface area contributed by atoms with Crippen LogP contribution in [0, 0.1) is 23.7 Å². The highest BCUT2D eigenvalue weighted by Gasteiger charge is 2.44. The summed E-state index contributed by atoms with van der Waals surface area (Å²) in [5, 5.41) is 41.2. The molecule has 10 nitrogen and oxygen atoms in total. The molecular weight excluding hydrogens is 552 g/mol. The molecule has 0 fully saturated rings. The summed E-state index contributed by atoms with van der Waals surface area (Å²) in [6.45, 7) is 20.4. The van der Waals surface area contributed by atoms with E-state index in [2.05, 4.69) is 91.4 Å². The maximum atomic E-state index is 10.5. The highest BCUT2D eigenvalue weighted by Crippen LogP contribution is 2.40. The van der Waals surface area contributed by atoms with Crippen LogP contribution in [0.2, 0.25) is 36.3 Å². The van der Waals surface area contributed by atoms with Gasteiger partial charge in [0.05, 0.1) is 13.2 Å². The fourth-order valence-electron chi connectivity index (χ4n) is 2.54. The quantitative estimate of drug-likeness (QED) is 0.0953. The van der Waals surface area contributed by atoms with Crippen LogP contribution in [0.25, 0.3) is 0 Å². The fourth-order valence-corrected chi connectivity index (χ4v) is 4.88. The molecule has 0 saturated carbocycles. The van der Waals surface area contributed by atoms with Crippen LogP contribution in [0.1, 0.15) is 41.5 Å². The van der Waals surface area contributed by atoms with Crippen LogP contribution in [-0.2, 0) is 27.8 Å². The van der Waals surface area contributed by atoms with Crippen LogP contribution in [0.5, 0.6) is 0 Å². The highest BCUT2D eigenvalue weighted by molar-refractivity contribution is 6.74. The number of methoxy groups -OCH3 is 2. The fraction of sp³-hybridized carbons (Fsp3) is 0.857. The molecule has 0 aromatic heterocycles. The van der Waals surface area contributed by atoms with E-state index in [1.165, 1.54) is 14.2 Å². The minimum absolute atomic E-state index is 0.0307. The Hall–Kier alpha value is -0.846. The van der Waals surface area contributed by atoms with Gasteiger partial charge in [-0.2, -0.15) is 0 Å². The Morgan fingerprint density at radius 1 is 0.575 bits per heavy atom. The van der Waals surface area contributed by atoms with Gasteiger partial charge >= 0.3 is 0 Å². The standard InChI is InChI=1S/C28H54O10Si2/c1-27(2,3)39(9,10)37-25(15-13-21(29)23(31)17-35-19-33-7)26(38-40(11,12)28(4,5)6)16-14-22(30)24(32)18-36-20-34-8/h21-26,29-32H,17-20H2,1-12H3/t21-,22-,23-,24-,25+,26+/m0/s1. The second kappa shape index (κ2) is 17.3. The van der Waals surface area contributed by atoms with E-state index in [-0.39, 0.29) is 36.9 Å². The molecule has 0 rings (SSSR count). The maximum Gasteiger partial charge on any atom is 0.193 e. The molecule has 0 aliphatic carbocycles. The van der Waals surface area contributed by atoms with Gasteiger partial charge in [0.15, 0.2) is 16.6 Å². The Balaban J connectivity index is 6.52. The SMILES string of the molecule is COCOC[C@H](O)[C@@H](O)C#C[C@@H](O[Si](C)(C)C(C)(C)C)[C@@H](C#C[C@H](O)[C@@H](O)COCOC)O[Si](C)(C)C(C)(C)C. The highest BCUT2D eigenvalue weighted by atomic mass is 28.4. The first-order valence-corrected chi connectivity index (χ1v) is 19.2. The van der Waals surface area contributed by atoms with Gasteiger partial charge in [-0.3, -0.25) is 0 Å². The molecule has 0 bridgehead atoms. The molecule has 40 heavy (non-hydrogen) atoms. The molecule has 0 aromatic rings. The van der Waals surface area contributed by atoms with E-state index in [0.717, 1.165) is 0 Å². The summed E-state index contributed by atoms with van der Waals surface area (Å²) in [5.74, 6) is 11.3. The molecule has 0 spiro atoms. The minimum atomic E-state index is -2.44. The molecule has 0 radical (unpaired) electrons. The third-order valence-corrected chi connectivity index (χ3v) is 16.1. The number of rotatable bonds is 15. The summed E-state index contributed by atoms with van der Waals surface area (Å²) in [6, 6.07) is 0. The zero-order valence-corrected chi connectivity index (χ0v) is 28.5. The van der Waals surface area contributed by atoms with Crippen molar-refractivity contribution in [2.24, 2.45) is 0 Å². The topological polar surface area (TPSA) is 136 Å². The van der Waals surface area contributed by atoms with Crippen molar-refractivity contribution in [3.63, 3.8) is 0 Å². The zero-order valence-electron chi connectivity index (χ0n) is 26.5. The molecule has 0 aliphatic rings. The van der Waals surface area contributed by atoms with Crippen molar-refractivity contribution >= 4 is 16.6 Å². The van der Waals surface area contributed by atoms with E-state index < -0.39 is 53.3 Å². The summed E-state index contributed by atoms with van der Waals surface area (Å²) in [6.07, 6.45) is -7.22. The van der Waals surface area contributed by atoms with Crippen molar-refractivity contribution in [2.45, 2.75) is 114 Å². The van der Waals surface area contributed by atoms with Crippen molar-refractivity contribution in [3.05, 3.63) is 0 Å². The molecule has 0 aliphatic heterocycles. The van der Waals surface area contributed by atoms with E-state index in [1.807, 2.05) is 0 Å². The normalized spacial score (nSPS) is 17.5. The Morgan fingerprint density at radius 2 is 0.875 bits per heavy atom. The van der Waals surface area contributed by atoms with E-state index >= 15 is 0 Å². The van der Waals surface area contributed by atoms with Crippen LogP contribution in [0.3, 0.4) is 0 Å². The third-order valence-electron chi connectivity index (χ3n) is 7.19. The molecule has 12 heteroatoms. The first-order chi connectivity index (χ1) is 18.2. The molecule has 0 unspecified atom stereocenters. The lowest BCUT2D eigenvalue weighted by Gasteiger charge is -2.42. The van der Waals surface area contributed by atoms with Crippen LogP contribution in [-0.4, -0.2) is 115 Å². The van der Waals surface area contributed by atoms with Gasteiger partial charge in [0.1, 0.15) is 50.2 Å². The summed E-state index contributed by atoms with van der Waals surface area (Å²) >= 11 is 0. The Bertz CT molecular complexity index is 776. The van der Waals surface area contributed by atoms with Crippen molar-refractivity contribution in [1.29, 1.82) is 0 Å². The molecule has 0 aromatic carbocycles. The second-order valence-electron chi connectivity index (χ2n) is 12.8. The van der Waals surface area contributed by atoms with E-state index in [1.54, 1.807) is 0 Å². The smallest absolute Gasteiger partial charge is 0.193 e. The lowest BCUT2D eigenvalue weighted by molar-refractivity contribution is -0.0797. The van der Waals surface area contributed by atoms with Crippen LogP contribution < -0.4 is 0 Å². The van der Waals surface area contributed by atoms with Crippen molar-refractivity contribution < 1.29 is 48.2 Å². The average Bonchev–Trinajstić information content (AvgIpc) is 2.82. The first kappa shape index (κ1) is 39.2. The largest absolute Gasteiger partial charge is 0.400 e. The molecule has 0 heterocycles. The summed E-state index contributed by atoms with van der Waals surface area (Å²) in [7, 11) is -1.97. The van der Waals surface area contributed by atoms with Crippen LogP contribution in [0.15, 0.2) is 0 Å². The summed E-state index contributed by atoms with van der Waals surface area (Å²) < 4.78 is 33.2. The van der Waals surface area contributed by atoms with E-state index in [9.17, 15) is 20.4 Å². The van der Waals surface area contributed by atoms with Crippen molar-refractivity contribution in [2.75, 3.05) is 41.0 Å². The van der Waals surface area contributed by atoms with Crippen molar-refractivity contribution in [1.82, 2.24) is 0 Å². The molecule has 234 valence electrons. The van der Waals surface area contributed by atoms with Crippen molar-refractivity contribution in [3.8, 4) is 23.7 Å². The van der Waals surface area contributed by atoms with E-state index in [0.29, 0.717) is 0 Å². The Kier molecular flexibility index (Phi) is 16.9.